The summed E-state index contributed by atoms with van der Waals surface area (Å²) in [5, 5.41) is 4.78. The SMILES string of the molecule is Cc1ccc2c3ccccc3c3ncc(-c4ccccc4)nc3c2c1. The zero-order valence-corrected chi connectivity index (χ0v) is 13.9. The van der Waals surface area contributed by atoms with Crippen molar-refractivity contribution < 1.29 is 0 Å². The molecule has 0 aliphatic rings. The molecule has 0 atom stereocenters. The third-order valence-corrected chi connectivity index (χ3v) is 4.74. The molecule has 0 amide bonds. The maximum atomic E-state index is 5.00. The molecule has 25 heavy (non-hydrogen) atoms. The summed E-state index contributed by atoms with van der Waals surface area (Å²) in [5.41, 5.74) is 5.17. The van der Waals surface area contributed by atoms with Gasteiger partial charge >= 0.3 is 0 Å². The molecule has 0 N–H and O–H groups in total. The molecule has 1 heterocycles. The largest absolute Gasteiger partial charge is 0.252 e. The van der Waals surface area contributed by atoms with Gasteiger partial charge in [0.1, 0.15) is 0 Å². The monoisotopic (exact) mass is 320 g/mol. The summed E-state index contributed by atoms with van der Waals surface area (Å²) in [6, 6.07) is 25.2. The van der Waals surface area contributed by atoms with Crippen LogP contribution in [0.3, 0.4) is 0 Å². The molecule has 0 saturated carbocycles. The van der Waals surface area contributed by atoms with Crippen LogP contribution in [0.5, 0.6) is 0 Å². The first kappa shape index (κ1) is 14.1. The molecule has 5 aromatic rings. The van der Waals surface area contributed by atoms with Gasteiger partial charge in [0.2, 0.25) is 0 Å². The van der Waals surface area contributed by atoms with Crippen molar-refractivity contribution in [3.05, 3.63) is 84.6 Å². The number of aromatic nitrogens is 2. The van der Waals surface area contributed by atoms with Crippen molar-refractivity contribution in [1.82, 2.24) is 9.97 Å². The van der Waals surface area contributed by atoms with Crippen LogP contribution in [0.2, 0.25) is 0 Å². The molecule has 0 unspecified atom stereocenters. The summed E-state index contributed by atoms with van der Waals surface area (Å²) >= 11 is 0. The Labute approximate surface area is 145 Å². The Morgan fingerprint density at radius 3 is 2.20 bits per heavy atom. The fourth-order valence-electron chi connectivity index (χ4n) is 3.54. The Kier molecular flexibility index (Phi) is 3.04. The highest BCUT2D eigenvalue weighted by Gasteiger charge is 2.12. The predicted octanol–water partition coefficient (Wildman–Crippen LogP) is 5.91. The minimum absolute atomic E-state index is 0.909. The molecule has 0 aliphatic carbocycles. The van der Waals surface area contributed by atoms with Crippen LogP contribution in [-0.4, -0.2) is 9.97 Å². The van der Waals surface area contributed by atoms with E-state index in [9.17, 15) is 0 Å². The van der Waals surface area contributed by atoms with Crippen LogP contribution >= 0.6 is 0 Å². The van der Waals surface area contributed by atoms with Crippen LogP contribution in [0.15, 0.2) is 79.0 Å². The van der Waals surface area contributed by atoms with Gasteiger partial charge in [0.25, 0.3) is 0 Å². The molecular formula is C23H16N2. The highest BCUT2D eigenvalue weighted by molar-refractivity contribution is 6.23. The molecule has 118 valence electrons. The van der Waals surface area contributed by atoms with Crippen LogP contribution in [-0.2, 0) is 0 Å². The van der Waals surface area contributed by atoms with Crippen LogP contribution in [0.4, 0.5) is 0 Å². The lowest BCUT2D eigenvalue weighted by atomic mass is 9.98. The van der Waals surface area contributed by atoms with Crippen molar-refractivity contribution in [1.29, 1.82) is 0 Å². The van der Waals surface area contributed by atoms with Crippen molar-refractivity contribution in [3.63, 3.8) is 0 Å². The third kappa shape index (κ3) is 2.18. The van der Waals surface area contributed by atoms with Crippen molar-refractivity contribution >= 4 is 32.6 Å². The van der Waals surface area contributed by atoms with E-state index in [1.165, 1.54) is 21.7 Å². The van der Waals surface area contributed by atoms with E-state index in [2.05, 4.69) is 61.5 Å². The Morgan fingerprint density at radius 1 is 0.640 bits per heavy atom. The number of nitrogens with zero attached hydrogens (tertiary/aromatic N) is 2. The number of fused-ring (bicyclic) bond motifs is 6. The highest BCUT2D eigenvalue weighted by Crippen LogP contribution is 2.34. The number of benzene rings is 4. The summed E-state index contributed by atoms with van der Waals surface area (Å²) in [6.45, 7) is 2.12. The first-order valence-electron chi connectivity index (χ1n) is 8.44. The van der Waals surface area contributed by atoms with Crippen LogP contribution < -0.4 is 0 Å². The van der Waals surface area contributed by atoms with Gasteiger partial charge in [-0.2, -0.15) is 0 Å². The Hall–Kier alpha value is -3.26. The van der Waals surface area contributed by atoms with E-state index < -0.39 is 0 Å². The van der Waals surface area contributed by atoms with Crippen molar-refractivity contribution in [2.75, 3.05) is 0 Å². The molecule has 0 aliphatic heterocycles. The number of hydrogen-bond acceptors (Lipinski definition) is 2. The summed E-state index contributed by atoms with van der Waals surface area (Å²) < 4.78 is 0. The average molecular weight is 320 g/mol. The number of hydrogen-bond donors (Lipinski definition) is 0. The van der Waals surface area contributed by atoms with Crippen molar-refractivity contribution in [2.24, 2.45) is 0 Å². The molecule has 5 rings (SSSR count). The van der Waals surface area contributed by atoms with E-state index in [0.717, 1.165) is 27.7 Å². The summed E-state index contributed by atoms with van der Waals surface area (Å²) in [6.07, 6.45) is 1.88. The topological polar surface area (TPSA) is 25.8 Å². The van der Waals surface area contributed by atoms with E-state index in [1.54, 1.807) is 0 Å². The van der Waals surface area contributed by atoms with Gasteiger partial charge < -0.3 is 0 Å². The average Bonchev–Trinajstić information content (AvgIpc) is 2.68. The number of rotatable bonds is 1. The molecule has 1 aromatic heterocycles. The predicted molar refractivity (Wildman–Crippen MR) is 105 cm³/mol. The van der Waals surface area contributed by atoms with Crippen LogP contribution in [0.25, 0.3) is 43.8 Å². The third-order valence-electron chi connectivity index (χ3n) is 4.74. The molecule has 4 aromatic carbocycles. The van der Waals surface area contributed by atoms with E-state index in [1.807, 2.05) is 24.4 Å². The van der Waals surface area contributed by atoms with Gasteiger partial charge in [-0.1, -0.05) is 72.3 Å². The fourth-order valence-corrected chi connectivity index (χ4v) is 3.54. The molecule has 0 bridgehead atoms. The first-order chi connectivity index (χ1) is 12.3. The minimum Gasteiger partial charge on any atom is -0.252 e. The van der Waals surface area contributed by atoms with Gasteiger partial charge in [0.05, 0.1) is 22.9 Å². The molecule has 0 saturated heterocycles. The molecule has 0 fully saturated rings. The second-order valence-electron chi connectivity index (χ2n) is 6.41. The maximum Gasteiger partial charge on any atom is 0.0979 e. The molecule has 0 radical (unpaired) electrons. The normalized spacial score (nSPS) is 11.4. The zero-order valence-electron chi connectivity index (χ0n) is 13.9. The second-order valence-corrected chi connectivity index (χ2v) is 6.41. The highest BCUT2D eigenvalue weighted by atomic mass is 14.8. The van der Waals surface area contributed by atoms with Crippen LogP contribution in [0.1, 0.15) is 5.56 Å². The summed E-state index contributed by atoms with van der Waals surface area (Å²) in [5.74, 6) is 0. The van der Waals surface area contributed by atoms with E-state index in [4.69, 9.17) is 9.97 Å². The fraction of sp³-hybridized carbons (Fsp3) is 0.0435. The van der Waals surface area contributed by atoms with Gasteiger partial charge in [-0.05, 0) is 23.8 Å². The summed E-state index contributed by atoms with van der Waals surface area (Å²) in [7, 11) is 0. The smallest absolute Gasteiger partial charge is 0.0979 e. The minimum atomic E-state index is 0.909. The van der Waals surface area contributed by atoms with E-state index >= 15 is 0 Å². The van der Waals surface area contributed by atoms with E-state index in [-0.39, 0.29) is 0 Å². The van der Waals surface area contributed by atoms with Crippen molar-refractivity contribution in [3.8, 4) is 11.3 Å². The number of aryl methyl sites for hydroxylation is 1. The van der Waals surface area contributed by atoms with Gasteiger partial charge in [-0.3, -0.25) is 4.98 Å². The van der Waals surface area contributed by atoms with Crippen LogP contribution in [0, 0.1) is 6.92 Å². The van der Waals surface area contributed by atoms with Gasteiger partial charge in [0.15, 0.2) is 0 Å². The Bertz CT molecular complexity index is 1240. The summed E-state index contributed by atoms with van der Waals surface area (Å²) in [4.78, 5) is 9.81. The molecule has 2 nitrogen and oxygen atoms in total. The lowest BCUT2D eigenvalue weighted by Crippen LogP contribution is -1.92. The lowest BCUT2D eigenvalue weighted by Gasteiger charge is -2.11. The lowest BCUT2D eigenvalue weighted by molar-refractivity contribution is 1.31. The molecule has 2 heteroatoms. The first-order valence-corrected chi connectivity index (χ1v) is 8.44. The van der Waals surface area contributed by atoms with Gasteiger partial charge in [0, 0.05) is 16.3 Å². The zero-order chi connectivity index (χ0) is 16.8. The van der Waals surface area contributed by atoms with E-state index in [0.29, 0.717) is 0 Å². The standard InChI is InChI=1S/C23H16N2/c1-15-11-12-18-17-9-5-6-10-19(17)22-23(20(18)13-15)25-21(14-24-22)16-7-3-2-4-8-16/h2-14H,1H3. The van der Waals surface area contributed by atoms with Gasteiger partial charge in [-0.15, -0.1) is 0 Å². The Balaban J connectivity index is 1.97. The quantitative estimate of drug-likeness (QED) is 0.359. The second kappa shape index (κ2) is 5.38. The Morgan fingerprint density at radius 2 is 1.36 bits per heavy atom. The van der Waals surface area contributed by atoms with Crippen molar-refractivity contribution in [2.45, 2.75) is 6.92 Å². The molecule has 0 spiro atoms. The maximum absolute atomic E-state index is 5.00. The molecular weight excluding hydrogens is 304 g/mol. The van der Waals surface area contributed by atoms with Gasteiger partial charge in [-0.25, -0.2) is 4.98 Å².